The lowest BCUT2D eigenvalue weighted by Crippen LogP contribution is -2.18. The highest BCUT2D eigenvalue weighted by atomic mass is 35.5. The predicted octanol–water partition coefficient (Wildman–Crippen LogP) is 3.44. The second kappa shape index (κ2) is 5.50. The predicted molar refractivity (Wildman–Crippen MR) is 71.1 cm³/mol. The van der Waals surface area contributed by atoms with Crippen molar-refractivity contribution in [2.24, 2.45) is 11.7 Å². The maximum absolute atomic E-state index is 6.08. The summed E-state index contributed by atoms with van der Waals surface area (Å²) in [5, 5.41) is 4.53. The lowest BCUT2D eigenvalue weighted by Gasteiger charge is -2.12. The van der Waals surface area contributed by atoms with Crippen molar-refractivity contribution in [1.82, 2.24) is 10.1 Å². The van der Waals surface area contributed by atoms with Crippen LogP contribution >= 0.6 is 11.6 Å². The van der Waals surface area contributed by atoms with Gasteiger partial charge in [0, 0.05) is 5.56 Å². The van der Waals surface area contributed by atoms with E-state index in [1.807, 2.05) is 18.2 Å². The zero-order valence-corrected chi connectivity index (χ0v) is 11.2. The van der Waals surface area contributed by atoms with Crippen molar-refractivity contribution in [3.63, 3.8) is 0 Å². The van der Waals surface area contributed by atoms with Crippen molar-refractivity contribution in [1.29, 1.82) is 0 Å². The molecule has 1 unspecified atom stereocenters. The van der Waals surface area contributed by atoms with Gasteiger partial charge in [0.2, 0.25) is 11.7 Å². The molecule has 18 heavy (non-hydrogen) atoms. The third kappa shape index (κ3) is 2.54. The molecule has 1 heterocycles. The topological polar surface area (TPSA) is 64.9 Å². The van der Waals surface area contributed by atoms with E-state index in [1.54, 1.807) is 6.07 Å². The van der Waals surface area contributed by atoms with Crippen LogP contribution in [0.5, 0.6) is 0 Å². The fourth-order valence-electron chi connectivity index (χ4n) is 1.62. The lowest BCUT2D eigenvalue weighted by molar-refractivity contribution is 0.312. The quantitative estimate of drug-likeness (QED) is 0.920. The molecule has 2 atom stereocenters. The Morgan fingerprint density at radius 2 is 2.11 bits per heavy atom. The van der Waals surface area contributed by atoms with E-state index in [1.165, 1.54) is 0 Å². The van der Waals surface area contributed by atoms with Crippen molar-refractivity contribution in [2.45, 2.75) is 26.3 Å². The van der Waals surface area contributed by atoms with Crippen LogP contribution < -0.4 is 5.73 Å². The van der Waals surface area contributed by atoms with E-state index in [0.29, 0.717) is 22.7 Å². The zero-order valence-electron chi connectivity index (χ0n) is 10.4. The summed E-state index contributed by atoms with van der Waals surface area (Å²) >= 11 is 6.08. The van der Waals surface area contributed by atoms with Gasteiger partial charge in [0.05, 0.1) is 11.1 Å². The van der Waals surface area contributed by atoms with E-state index in [9.17, 15) is 0 Å². The molecule has 0 saturated heterocycles. The molecule has 1 aromatic carbocycles. The van der Waals surface area contributed by atoms with E-state index in [0.717, 1.165) is 12.0 Å². The molecule has 0 saturated carbocycles. The van der Waals surface area contributed by atoms with E-state index < -0.39 is 0 Å². The van der Waals surface area contributed by atoms with Crippen LogP contribution in [0.1, 0.15) is 32.2 Å². The molecule has 0 aliphatic rings. The van der Waals surface area contributed by atoms with Crippen LogP contribution in [-0.4, -0.2) is 10.1 Å². The number of rotatable bonds is 4. The Labute approximate surface area is 111 Å². The summed E-state index contributed by atoms with van der Waals surface area (Å²) < 4.78 is 5.21. The van der Waals surface area contributed by atoms with Crippen molar-refractivity contribution in [3.05, 3.63) is 35.2 Å². The highest BCUT2D eigenvalue weighted by molar-refractivity contribution is 6.33. The molecule has 0 aliphatic carbocycles. The standard InChI is InChI=1S/C13H16ClN3O/c1-3-8(2)11(15)13-16-12(17-18-13)9-6-4-5-7-10(9)14/h4-8,11H,3,15H2,1-2H3/t8?,11-/m0/s1. The maximum Gasteiger partial charge on any atom is 0.244 e. The second-order valence-corrected chi connectivity index (χ2v) is 4.75. The maximum atomic E-state index is 6.08. The van der Waals surface area contributed by atoms with Gasteiger partial charge in [0.15, 0.2) is 0 Å². The highest BCUT2D eigenvalue weighted by Gasteiger charge is 2.21. The summed E-state index contributed by atoms with van der Waals surface area (Å²) in [5.41, 5.74) is 6.80. The third-order valence-corrected chi connectivity index (χ3v) is 3.43. The average Bonchev–Trinajstić information content (AvgIpc) is 2.87. The first kappa shape index (κ1) is 13.1. The Hall–Kier alpha value is -1.39. The molecule has 0 amide bonds. The van der Waals surface area contributed by atoms with Gasteiger partial charge in [0.25, 0.3) is 0 Å². The number of hydrogen-bond donors (Lipinski definition) is 1. The summed E-state index contributed by atoms with van der Waals surface area (Å²) in [4.78, 5) is 4.32. The molecular formula is C13H16ClN3O. The van der Waals surface area contributed by atoms with Gasteiger partial charge in [-0.15, -0.1) is 0 Å². The summed E-state index contributed by atoms with van der Waals surface area (Å²) in [6, 6.07) is 7.15. The Kier molecular flexibility index (Phi) is 3.99. The number of aromatic nitrogens is 2. The first-order valence-electron chi connectivity index (χ1n) is 5.97. The number of hydrogen-bond acceptors (Lipinski definition) is 4. The molecule has 2 N–H and O–H groups in total. The van der Waals surface area contributed by atoms with Gasteiger partial charge < -0.3 is 10.3 Å². The molecule has 0 radical (unpaired) electrons. The van der Waals surface area contributed by atoms with Gasteiger partial charge >= 0.3 is 0 Å². The molecule has 0 spiro atoms. The first-order chi connectivity index (χ1) is 8.63. The van der Waals surface area contributed by atoms with Crippen molar-refractivity contribution >= 4 is 11.6 Å². The summed E-state index contributed by atoms with van der Waals surface area (Å²) in [6.45, 7) is 4.14. The van der Waals surface area contributed by atoms with Crippen molar-refractivity contribution in [3.8, 4) is 11.4 Å². The minimum absolute atomic E-state index is 0.237. The van der Waals surface area contributed by atoms with Crippen LogP contribution in [0.3, 0.4) is 0 Å². The number of benzene rings is 1. The highest BCUT2D eigenvalue weighted by Crippen LogP contribution is 2.27. The third-order valence-electron chi connectivity index (χ3n) is 3.10. The average molecular weight is 266 g/mol. The van der Waals surface area contributed by atoms with E-state index in [4.69, 9.17) is 21.9 Å². The molecule has 4 nitrogen and oxygen atoms in total. The molecular weight excluding hydrogens is 250 g/mol. The lowest BCUT2D eigenvalue weighted by atomic mass is 10.0. The number of nitrogens with zero attached hydrogens (tertiary/aromatic N) is 2. The minimum Gasteiger partial charge on any atom is -0.337 e. The molecule has 0 aliphatic heterocycles. The normalized spacial score (nSPS) is 14.4. The van der Waals surface area contributed by atoms with Crippen LogP contribution in [0.25, 0.3) is 11.4 Å². The SMILES string of the molecule is CCC(C)[C@H](N)c1nc(-c2ccccc2Cl)no1. The molecule has 0 bridgehead atoms. The summed E-state index contributed by atoms with van der Waals surface area (Å²) in [5.74, 6) is 1.23. The Morgan fingerprint density at radius 1 is 1.39 bits per heavy atom. The fourth-order valence-corrected chi connectivity index (χ4v) is 1.84. The zero-order chi connectivity index (χ0) is 13.1. The Balaban J connectivity index is 2.29. The van der Waals surface area contributed by atoms with Crippen LogP contribution in [0.2, 0.25) is 5.02 Å². The Bertz CT molecular complexity index is 526. The largest absolute Gasteiger partial charge is 0.337 e. The monoisotopic (exact) mass is 265 g/mol. The molecule has 96 valence electrons. The van der Waals surface area contributed by atoms with Gasteiger partial charge in [-0.05, 0) is 18.1 Å². The van der Waals surface area contributed by atoms with Gasteiger partial charge in [-0.25, -0.2) is 0 Å². The summed E-state index contributed by atoms with van der Waals surface area (Å²) in [6.07, 6.45) is 0.963. The van der Waals surface area contributed by atoms with Gasteiger partial charge in [0.1, 0.15) is 0 Å². The second-order valence-electron chi connectivity index (χ2n) is 4.35. The molecule has 2 rings (SSSR count). The van der Waals surface area contributed by atoms with E-state index in [2.05, 4.69) is 24.0 Å². The van der Waals surface area contributed by atoms with E-state index >= 15 is 0 Å². The molecule has 0 fully saturated rings. The molecule has 1 aromatic heterocycles. The first-order valence-corrected chi connectivity index (χ1v) is 6.35. The Morgan fingerprint density at radius 3 is 2.78 bits per heavy atom. The van der Waals surface area contributed by atoms with Crippen molar-refractivity contribution < 1.29 is 4.52 Å². The fraction of sp³-hybridized carbons (Fsp3) is 0.385. The van der Waals surface area contributed by atoms with Crippen LogP contribution in [-0.2, 0) is 0 Å². The number of nitrogens with two attached hydrogens (primary N) is 1. The molecule has 2 aromatic rings. The van der Waals surface area contributed by atoms with Gasteiger partial charge in [-0.2, -0.15) is 4.98 Å². The van der Waals surface area contributed by atoms with Crippen LogP contribution in [0, 0.1) is 5.92 Å². The molecule has 5 heteroatoms. The van der Waals surface area contributed by atoms with Crippen LogP contribution in [0.4, 0.5) is 0 Å². The summed E-state index contributed by atoms with van der Waals surface area (Å²) in [7, 11) is 0. The smallest absolute Gasteiger partial charge is 0.244 e. The van der Waals surface area contributed by atoms with Gasteiger partial charge in [-0.3, -0.25) is 0 Å². The van der Waals surface area contributed by atoms with E-state index in [-0.39, 0.29) is 6.04 Å². The van der Waals surface area contributed by atoms with Gasteiger partial charge in [-0.1, -0.05) is 49.2 Å². The van der Waals surface area contributed by atoms with Crippen LogP contribution in [0.15, 0.2) is 28.8 Å². The number of halogens is 1. The minimum atomic E-state index is -0.237. The van der Waals surface area contributed by atoms with Crippen molar-refractivity contribution in [2.75, 3.05) is 0 Å².